The maximum atomic E-state index is 10.1. The van der Waals surface area contributed by atoms with Crippen molar-refractivity contribution in [1.29, 1.82) is 0 Å². The number of aryl methyl sites for hydroxylation is 1. The van der Waals surface area contributed by atoms with Gasteiger partial charge >= 0.3 is 0 Å². The summed E-state index contributed by atoms with van der Waals surface area (Å²) in [4.78, 5) is 0. The van der Waals surface area contributed by atoms with Gasteiger partial charge in [0.2, 0.25) is 0 Å². The van der Waals surface area contributed by atoms with Crippen molar-refractivity contribution in [2.45, 2.75) is 58.7 Å². The number of hydrogen-bond donors (Lipinski definition) is 1. The minimum atomic E-state index is -0.312. The normalized spacial score (nSPS) is 28.1. The molecule has 0 radical (unpaired) electrons. The van der Waals surface area contributed by atoms with Crippen LogP contribution >= 0.6 is 0 Å². The van der Waals surface area contributed by atoms with Gasteiger partial charge in [-0.1, -0.05) is 25.5 Å². The summed E-state index contributed by atoms with van der Waals surface area (Å²) in [6.07, 6.45) is 3.81. The van der Waals surface area contributed by atoms with E-state index in [1.54, 1.807) is 0 Å². The SMILES string of the molecule is CCC1CCC(O)C(Oc2cccc(C)c2C)C1. The van der Waals surface area contributed by atoms with Crippen LogP contribution in [0.3, 0.4) is 0 Å². The monoisotopic (exact) mass is 248 g/mol. The van der Waals surface area contributed by atoms with Crippen molar-refractivity contribution in [2.24, 2.45) is 5.92 Å². The number of benzene rings is 1. The number of ether oxygens (including phenoxy) is 1. The van der Waals surface area contributed by atoms with Crippen LogP contribution in [-0.2, 0) is 0 Å². The lowest BCUT2D eigenvalue weighted by atomic mass is 9.84. The molecule has 2 nitrogen and oxygen atoms in total. The molecule has 1 fully saturated rings. The Hall–Kier alpha value is -1.02. The quantitative estimate of drug-likeness (QED) is 0.885. The lowest BCUT2D eigenvalue weighted by Crippen LogP contribution is -2.38. The molecule has 0 saturated heterocycles. The maximum absolute atomic E-state index is 10.1. The second-order valence-electron chi connectivity index (χ2n) is 5.51. The van der Waals surface area contributed by atoms with E-state index in [4.69, 9.17) is 4.74 Å². The molecular weight excluding hydrogens is 224 g/mol. The summed E-state index contributed by atoms with van der Waals surface area (Å²) >= 11 is 0. The molecule has 2 rings (SSSR count). The van der Waals surface area contributed by atoms with Gasteiger partial charge in [0.05, 0.1) is 6.10 Å². The number of hydrogen-bond acceptors (Lipinski definition) is 2. The van der Waals surface area contributed by atoms with Crippen LogP contribution in [-0.4, -0.2) is 17.3 Å². The van der Waals surface area contributed by atoms with E-state index in [9.17, 15) is 5.11 Å². The zero-order valence-electron chi connectivity index (χ0n) is 11.6. The number of rotatable bonds is 3. The Morgan fingerprint density at radius 3 is 2.78 bits per heavy atom. The van der Waals surface area contributed by atoms with Crippen LogP contribution in [0.25, 0.3) is 0 Å². The second-order valence-corrected chi connectivity index (χ2v) is 5.51. The van der Waals surface area contributed by atoms with Gasteiger partial charge in [0.1, 0.15) is 11.9 Å². The van der Waals surface area contributed by atoms with Crippen molar-refractivity contribution in [3.63, 3.8) is 0 Å². The fourth-order valence-electron chi connectivity index (χ4n) is 2.71. The average molecular weight is 248 g/mol. The summed E-state index contributed by atoms with van der Waals surface area (Å²) in [6, 6.07) is 6.11. The van der Waals surface area contributed by atoms with Crippen LogP contribution in [0.2, 0.25) is 0 Å². The molecule has 0 aliphatic heterocycles. The molecule has 3 unspecified atom stereocenters. The third kappa shape index (κ3) is 2.86. The molecular formula is C16H24O2. The summed E-state index contributed by atoms with van der Waals surface area (Å²) < 4.78 is 6.06. The topological polar surface area (TPSA) is 29.5 Å². The predicted molar refractivity (Wildman–Crippen MR) is 74.0 cm³/mol. The van der Waals surface area contributed by atoms with E-state index in [1.165, 1.54) is 17.5 Å². The molecule has 0 amide bonds. The van der Waals surface area contributed by atoms with Gasteiger partial charge in [-0.05, 0) is 56.2 Å². The molecule has 0 spiro atoms. The first-order chi connectivity index (χ1) is 8.61. The highest BCUT2D eigenvalue weighted by molar-refractivity contribution is 5.38. The van der Waals surface area contributed by atoms with Crippen LogP contribution in [0.5, 0.6) is 5.75 Å². The minimum absolute atomic E-state index is 0.0378. The molecule has 1 aromatic carbocycles. The Kier molecular flexibility index (Phi) is 4.28. The molecule has 0 heterocycles. The van der Waals surface area contributed by atoms with Crippen LogP contribution in [0.4, 0.5) is 0 Å². The molecule has 18 heavy (non-hydrogen) atoms. The third-order valence-electron chi connectivity index (χ3n) is 4.28. The van der Waals surface area contributed by atoms with Crippen molar-refractivity contribution in [3.05, 3.63) is 29.3 Å². The zero-order valence-corrected chi connectivity index (χ0v) is 11.6. The standard InChI is InChI=1S/C16H24O2/c1-4-13-8-9-14(17)16(10-13)18-15-7-5-6-11(2)12(15)3/h5-7,13-14,16-17H,4,8-10H2,1-3H3. The largest absolute Gasteiger partial charge is 0.487 e. The van der Waals surface area contributed by atoms with E-state index in [0.717, 1.165) is 25.0 Å². The Morgan fingerprint density at radius 1 is 1.28 bits per heavy atom. The summed E-state index contributed by atoms with van der Waals surface area (Å²) in [5, 5.41) is 10.1. The lowest BCUT2D eigenvalue weighted by Gasteiger charge is -2.33. The second kappa shape index (κ2) is 5.75. The van der Waals surface area contributed by atoms with Gasteiger partial charge in [-0.2, -0.15) is 0 Å². The Bertz CT molecular complexity index is 400. The molecule has 2 heteroatoms. The predicted octanol–water partition coefficient (Wildman–Crippen LogP) is 3.62. The van der Waals surface area contributed by atoms with Gasteiger partial charge in [-0.15, -0.1) is 0 Å². The smallest absolute Gasteiger partial charge is 0.125 e. The minimum Gasteiger partial charge on any atom is -0.487 e. The maximum Gasteiger partial charge on any atom is 0.125 e. The Morgan fingerprint density at radius 2 is 2.06 bits per heavy atom. The molecule has 1 aliphatic rings. The van der Waals surface area contributed by atoms with Crippen LogP contribution in [0.1, 0.15) is 43.7 Å². The van der Waals surface area contributed by atoms with Crippen LogP contribution < -0.4 is 4.74 Å². The zero-order chi connectivity index (χ0) is 13.1. The first-order valence-corrected chi connectivity index (χ1v) is 7.02. The van der Waals surface area contributed by atoms with Gasteiger partial charge in [0, 0.05) is 0 Å². The van der Waals surface area contributed by atoms with Crippen molar-refractivity contribution in [3.8, 4) is 5.75 Å². The first kappa shape index (κ1) is 13.4. The highest BCUT2D eigenvalue weighted by Crippen LogP contribution is 2.31. The molecule has 3 atom stereocenters. The molecule has 0 aromatic heterocycles. The number of aliphatic hydroxyl groups excluding tert-OH is 1. The van der Waals surface area contributed by atoms with Gasteiger partial charge in [-0.3, -0.25) is 0 Å². The lowest BCUT2D eigenvalue weighted by molar-refractivity contribution is -0.0112. The molecule has 100 valence electrons. The highest BCUT2D eigenvalue weighted by Gasteiger charge is 2.30. The van der Waals surface area contributed by atoms with Gasteiger partial charge in [-0.25, -0.2) is 0 Å². The fourth-order valence-corrected chi connectivity index (χ4v) is 2.71. The highest BCUT2D eigenvalue weighted by atomic mass is 16.5. The molecule has 1 aromatic rings. The van der Waals surface area contributed by atoms with Crippen LogP contribution in [0.15, 0.2) is 18.2 Å². The van der Waals surface area contributed by atoms with E-state index < -0.39 is 0 Å². The van der Waals surface area contributed by atoms with Crippen molar-refractivity contribution >= 4 is 0 Å². The summed E-state index contributed by atoms with van der Waals surface area (Å²) in [5.41, 5.74) is 2.42. The van der Waals surface area contributed by atoms with Crippen molar-refractivity contribution in [1.82, 2.24) is 0 Å². The van der Waals surface area contributed by atoms with E-state index in [0.29, 0.717) is 5.92 Å². The molecule has 1 N–H and O–H groups in total. The van der Waals surface area contributed by atoms with E-state index in [1.807, 2.05) is 12.1 Å². The van der Waals surface area contributed by atoms with E-state index in [-0.39, 0.29) is 12.2 Å². The number of aliphatic hydroxyl groups is 1. The van der Waals surface area contributed by atoms with Gasteiger partial charge < -0.3 is 9.84 Å². The first-order valence-electron chi connectivity index (χ1n) is 7.02. The molecule has 1 saturated carbocycles. The fraction of sp³-hybridized carbons (Fsp3) is 0.625. The van der Waals surface area contributed by atoms with E-state index >= 15 is 0 Å². The van der Waals surface area contributed by atoms with Gasteiger partial charge in [0.25, 0.3) is 0 Å². The van der Waals surface area contributed by atoms with Crippen molar-refractivity contribution < 1.29 is 9.84 Å². The van der Waals surface area contributed by atoms with E-state index in [2.05, 4.69) is 26.8 Å². The molecule has 0 bridgehead atoms. The Balaban J connectivity index is 2.09. The molecule has 1 aliphatic carbocycles. The summed E-state index contributed by atoms with van der Waals surface area (Å²) in [6.45, 7) is 6.39. The summed E-state index contributed by atoms with van der Waals surface area (Å²) in [7, 11) is 0. The van der Waals surface area contributed by atoms with Crippen LogP contribution in [0, 0.1) is 19.8 Å². The Labute approximate surface area is 110 Å². The van der Waals surface area contributed by atoms with Crippen molar-refractivity contribution in [2.75, 3.05) is 0 Å². The summed E-state index contributed by atoms with van der Waals surface area (Å²) in [5.74, 6) is 1.62. The van der Waals surface area contributed by atoms with Gasteiger partial charge in [0.15, 0.2) is 0 Å². The third-order valence-corrected chi connectivity index (χ3v) is 4.28. The average Bonchev–Trinajstić information content (AvgIpc) is 2.37.